The lowest BCUT2D eigenvalue weighted by Crippen LogP contribution is -2.14. The molecular formula is C14H12Cl2FN. The van der Waals surface area contributed by atoms with E-state index in [0.717, 1.165) is 11.1 Å². The van der Waals surface area contributed by atoms with Crippen molar-refractivity contribution in [1.82, 2.24) is 0 Å². The van der Waals surface area contributed by atoms with Gasteiger partial charge >= 0.3 is 0 Å². The summed E-state index contributed by atoms with van der Waals surface area (Å²) in [5, 5.41) is 0.970. The fraction of sp³-hybridized carbons (Fsp3) is 0.143. The highest BCUT2D eigenvalue weighted by Crippen LogP contribution is 2.30. The van der Waals surface area contributed by atoms with Crippen molar-refractivity contribution in [3.05, 3.63) is 69.5 Å². The lowest BCUT2D eigenvalue weighted by atomic mass is 10.00. The molecule has 1 unspecified atom stereocenters. The molecule has 0 spiro atoms. The van der Waals surface area contributed by atoms with Crippen LogP contribution in [-0.4, -0.2) is 0 Å². The van der Waals surface area contributed by atoms with Crippen molar-refractivity contribution in [3.8, 4) is 0 Å². The average molecular weight is 284 g/mol. The first kappa shape index (κ1) is 13.3. The van der Waals surface area contributed by atoms with Crippen LogP contribution in [-0.2, 0) is 6.42 Å². The van der Waals surface area contributed by atoms with E-state index in [0.29, 0.717) is 16.5 Å². The van der Waals surface area contributed by atoms with Crippen molar-refractivity contribution >= 4 is 23.2 Å². The number of hydrogen-bond donors (Lipinski definition) is 1. The molecule has 4 heteroatoms. The molecule has 0 saturated heterocycles. The first-order valence-electron chi connectivity index (χ1n) is 5.52. The molecule has 94 valence electrons. The summed E-state index contributed by atoms with van der Waals surface area (Å²) in [5.41, 5.74) is 7.86. The van der Waals surface area contributed by atoms with E-state index in [2.05, 4.69) is 0 Å². The van der Waals surface area contributed by atoms with E-state index in [4.69, 9.17) is 28.9 Å². The summed E-state index contributed by atoms with van der Waals surface area (Å²) in [4.78, 5) is 0. The Labute approximate surface area is 115 Å². The second-order valence-corrected chi connectivity index (χ2v) is 4.87. The summed E-state index contributed by atoms with van der Waals surface area (Å²) in [6, 6.07) is 11.4. The summed E-state index contributed by atoms with van der Waals surface area (Å²) in [6.07, 6.45) is 0.584. The normalized spacial score (nSPS) is 12.4. The highest BCUT2D eigenvalue weighted by Gasteiger charge is 2.12. The molecule has 0 aliphatic rings. The molecule has 0 aromatic heterocycles. The lowest BCUT2D eigenvalue weighted by Gasteiger charge is -2.14. The van der Waals surface area contributed by atoms with E-state index >= 15 is 0 Å². The third-order valence-electron chi connectivity index (χ3n) is 2.75. The number of hydrogen-bond acceptors (Lipinski definition) is 1. The largest absolute Gasteiger partial charge is 0.324 e. The molecule has 0 aliphatic carbocycles. The third kappa shape index (κ3) is 3.02. The van der Waals surface area contributed by atoms with Gasteiger partial charge in [-0.3, -0.25) is 0 Å². The highest BCUT2D eigenvalue weighted by molar-refractivity contribution is 6.42. The molecular weight excluding hydrogens is 272 g/mol. The maximum Gasteiger partial charge on any atom is 0.123 e. The van der Waals surface area contributed by atoms with E-state index in [1.807, 2.05) is 12.1 Å². The topological polar surface area (TPSA) is 26.0 Å². The number of nitrogens with two attached hydrogens (primary N) is 1. The van der Waals surface area contributed by atoms with Gasteiger partial charge < -0.3 is 5.73 Å². The van der Waals surface area contributed by atoms with Gasteiger partial charge in [0.1, 0.15) is 5.82 Å². The lowest BCUT2D eigenvalue weighted by molar-refractivity contribution is 0.625. The van der Waals surface area contributed by atoms with Crippen molar-refractivity contribution in [2.24, 2.45) is 5.73 Å². The van der Waals surface area contributed by atoms with Gasteiger partial charge in [0.2, 0.25) is 0 Å². The fourth-order valence-electron chi connectivity index (χ4n) is 1.79. The number of rotatable bonds is 3. The Kier molecular flexibility index (Phi) is 4.23. The number of benzene rings is 2. The highest BCUT2D eigenvalue weighted by atomic mass is 35.5. The van der Waals surface area contributed by atoms with Crippen LogP contribution in [0.15, 0.2) is 42.5 Å². The van der Waals surface area contributed by atoms with Crippen molar-refractivity contribution in [3.63, 3.8) is 0 Å². The minimum Gasteiger partial charge on any atom is -0.324 e. The third-order valence-corrected chi connectivity index (χ3v) is 3.58. The zero-order valence-electron chi connectivity index (χ0n) is 9.54. The summed E-state index contributed by atoms with van der Waals surface area (Å²) >= 11 is 12.1. The Morgan fingerprint density at radius 2 is 1.72 bits per heavy atom. The first-order valence-corrected chi connectivity index (χ1v) is 6.27. The van der Waals surface area contributed by atoms with E-state index < -0.39 is 0 Å². The molecule has 1 nitrogen and oxygen atoms in total. The van der Waals surface area contributed by atoms with E-state index in [1.54, 1.807) is 18.2 Å². The van der Waals surface area contributed by atoms with Gasteiger partial charge in [0, 0.05) is 6.04 Å². The summed E-state index contributed by atoms with van der Waals surface area (Å²) < 4.78 is 12.8. The minimum absolute atomic E-state index is 0.256. The number of halogens is 3. The molecule has 0 saturated carbocycles. The maximum atomic E-state index is 12.8. The van der Waals surface area contributed by atoms with E-state index in [-0.39, 0.29) is 11.9 Å². The van der Waals surface area contributed by atoms with Crippen LogP contribution in [0.25, 0.3) is 0 Å². The molecule has 1 atom stereocenters. The second-order valence-electron chi connectivity index (χ2n) is 4.08. The van der Waals surface area contributed by atoms with Gasteiger partial charge in [-0.2, -0.15) is 0 Å². The van der Waals surface area contributed by atoms with Crippen LogP contribution in [0, 0.1) is 5.82 Å². The van der Waals surface area contributed by atoms with Gasteiger partial charge in [0.15, 0.2) is 0 Å². The standard InChI is InChI=1S/C14H12Cl2FN/c15-12-3-1-2-11(14(12)16)13(18)8-9-4-6-10(17)7-5-9/h1-7,13H,8,18H2. The van der Waals surface area contributed by atoms with Gasteiger partial charge in [0.05, 0.1) is 10.0 Å². The van der Waals surface area contributed by atoms with Crippen molar-refractivity contribution in [2.75, 3.05) is 0 Å². The molecule has 0 aliphatic heterocycles. The summed E-state index contributed by atoms with van der Waals surface area (Å²) in [6.45, 7) is 0. The predicted octanol–water partition coefficient (Wildman–Crippen LogP) is 4.38. The van der Waals surface area contributed by atoms with Gasteiger partial charge in [-0.25, -0.2) is 4.39 Å². The Balaban J connectivity index is 2.19. The maximum absolute atomic E-state index is 12.8. The van der Waals surface area contributed by atoms with Crippen molar-refractivity contribution in [1.29, 1.82) is 0 Å². The quantitative estimate of drug-likeness (QED) is 0.889. The summed E-state index contributed by atoms with van der Waals surface area (Å²) in [5.74, 6) is -0.256. The Morgan fingerprint density at radius 1 is 1.06 bits per heavy atom. The van der Waals surface area contributed by atoms with E-state index in [1.165, 1.54) is 12.1 Å². The monoisotopic (exact) mass is 283 g/mol. The molecule has 0 fully saturated rings. The van der Waals surface area contributed by atoms with Crippen LogP contribution < -0.4 is 5.73 Å². The second kappa shape index (κ2) is 5.70. The van der Waals surface area contributed by atoms with Gasteiger partial charge in [0.25, 0.3) is 0 Å². The summed E-state index contributed by atoms with van der Waals surface area (Å²) in [7, 11) is 0. The molecule has 0 amide bonds. The Bertz CT molecular complexity index is 540. The smallest absolute Gasteiger partial charge is 0.123 e. The molecule has 0 radical (unpaired) electrons. The van der Waals surface area contributed by atoms with Crippen LogP contribution >= 0.6 is 23.2 Å². The predicted molar refractivity (Wildman–Crippen MR) is 73.5 cm³/mol. The fourth-order valence-corrected chi connectivity index (χ4v) is 2.24. The molecule has 2 N–H and O–H groups in total. The van der Waals surface area contributed by atoms with Crippen LogP contribution in [0.1, 0.15) is 17.2 Å². The first-order chi connectivity index (χ1) is 8.58. The van der Waals surface area contributed by atoms with Crippen LogP contribution in [0.3, 0.4) is 0 Å². The van der Waals surface area contributed by atoms with Gasteiger partial charge in [-0.05, 0) is 35.7 Å². The zero-order valence-corrected chi connectivity index (χ0v) is 11.0. The minimum atomic E-state index is -0.262. The van der Waals surface area contributed by atoms with Gasteiger partial charge in [-0.1, -0.05) is 47.5 Å². The van der Waals surface area contributed by atoms with Crippen LogP contribution in [0.5, 0.6) is 0 Å². The molecule has 2 aromatic rings. The van der Waals surface area contributed by atoms with Crippen molar-refractivity contribution in [2.45, 2.75) is 12.5 Å². The molecule has 0 heterocycles. The molecule has 2 aromatic carbocycles. The molecule has 0 bridgehead atoms. The zero-order chi connectivity index (χ0) is 13.1. The Morgan fingerprint density at radius 3 is 2.39 bits per heavy atom. The Hall–Kier alpha value is -1.09. The molecule has 18 heavy (non-hydrogen) atoms. The SMILES string of the molecule is NC(Cc1ccc(F)cc1)c1cccc(Cl)c1Cl. The van der Waals surface area contributed by atoms with Crippen LogP contribution in [0.2, 0.25) is 10.0 Å². The van der Waals surface area contributed by atoms with Crippen LogP contribution in [0.4, 0.5) is 4.39 Å². The molecule has 2 rings (SSSR count). The van der Waals surface area contributed by atoms with E-state index in [9.17, 15) is 4.39 Å². The van der Waals surface area contributed by atoms with Crippen molar-refractivity contribution < 1.29 is 4.39 Å². The van der Waals surface area contributed by atoms with Gasteiger partial charge in [-0.15, -0.1) is 0 Å². The average Bonchev–Trinajstić information content (AvgIpc) is 2.35.